The van der Waals surface area contributed by atoms with Gasteiger partial charge >= 0.3 is 0 Å². The van der Waals surface area contributed by atoms with Gasteiger partial charge in [0.05, 0.1) is 0 Å². The van der Waals surface area contributed by atoms with Gasteiger partial charge < -0.3 is 14.9 Å². The number of hydrogen-bond donors (Lipinski definition) is 2. The van der Waals surface area contributed by atoms with Crippen molar-refractivity contribution in [2.75, 3.05) is 13.2 Å². The third-order valence-electron chi connectivity index (χ3n) is 3.14. The fourth-order valence-electron chi connectivity index (χ4n) is 1.87. The Bertz CT molecular complexity index is 525. The highest BCUT2D eigenvalue weighted by Crippen LogP contribution is 2.28. The number of phenolic OH excluding ortho intramolecular Hbond substituents is 2. The summed E-state index contributed by atoms with van der Waals surface area (Å²) in [7, 11) is 0. The molecule has 3 heteroatoms. The molecule has 2 N–H and O–H groups in total. The molecule has 0 aliphatic heterocycles. The third kappa shape index (κ3) is 5.12. The van der Waals surface area contributed by atoms with Crippen LogP contribution in [0.1, 0.15) is 25.0 Å². The predicted molar refractivity (Wildman–Crippen MR) is 86.8 cm³/mol. The molecule has 0 unspecified atom stereocenters. The highest BCUT2D eigenvalue weighted by molar-refractivity contribution is 5.67. The summed E-state index contributed by atoms with van der Waals surface area (Å²) in [6.45, 7) is 9.40. The topological polar surface area (TPSA) is 49.7 Å². The van der Waals surface area contributed by atoms with Gasteiger partial charge in [-0.15, -0.1) is 0 Å². The van der Waals surface area contributed by atoms with Gasteiger partial charge in [-0.05, 0) is 74.2 Å². The predicted octanol–water partition coefficient (Wildman–Crippen LogP) is 4.42. The average molecular weight is 288 g/mol. The lowest BCUT2D eigenvalue weighted by Crippen LogP contribution is -1.84. The average Bonchev–Trinajstić information content (AvgIpc) is 2.46. The molecule has 114 valence electrons. The number of benzene rings is 2. The van der Waals surface area contributed by atoms with Crippen molar-refractivity contribution in [3.8, 4) is 22.6 Å². The van der Waals surface area contributed by atoms with E-state index < -0.39 is 0 Å². The van der Waals surface area contributed by atoms with Crippen LogP contribution in [0.2, 0.25) is 0 Å². The molecule has 0 spiro atoms. The minimum absolute atomic E-state index is 0.305. The molecule has 0 fully saturated rings. The Hall–Kier alpha value is -2.00. The lowest BCUT2D eigenvalue weighted by atomic mass is 10.0. The summed E-state index contributed by atoms with van der Waals surface area (Å²) in [6, 6.07) is 11.0. The van der Waals surface area contributed by atoms with Gasteiger partial charge in [-0.1, -0.05) is 12.1 Å². The molecular weight excluding hydrogens is 264 g/mol. The zero-order valence-corrected chi connectivity index (χ0v) is 13.2. The quantitative estimate of drug-likeness (QED) is 0.878. The summed E-state index contributed by atoms with van der Waals surface area (Å²) in [5.74, 6) is 0.610. The lowest BCUT2D eigenvalue weighted by molar-refractivity contribution is 0.162. The van der Waals surface area contributed by atoms with Crippen molar-refractivity contribution in [2.24, 2.45) is 0 Å². The number of phenols is 2. The second-order valence-corrected chi connectivity index (χ2v) is 4.78. The molecule has 3 nitrogen and oxygen atoms in total. The van der Waals surface area contributed by atoms with Gasteiger partial charge in [0.2, 0.25) is 0 Å². The highest BCUT2D eigenvalue weighted by atomic mass is 16.5. The summed E-state index contributed by atoms with van der Waals surface area (Å²) in [4.78, 5) is 0. The maximum Gasteiger partial charge on any atom is 0.118 e. The number of rotatable bonds is 3. The fourth-order valence-corrected chi connectivity index (χ4v) is 1.87. The Kier molecular flexibility index (Phi) is 6.76. The SMILES string of the molecule is CCOCC.Cc1cc(-c2ccc(O)c(C)c2)ccc1O. The van der Waals surface area contributed by atoms with Crippen molar-refractivity contribution in [1.82, 2.24) is 0 Å². The van der Waals surface area contributed by atoms with Gasteiger partial charge in [0.25, 0.3) is 0 Å². The van der Waals surface area contributed by atoms with Crippen LogP contribution in [0, 0.1) is 13.8 Å². The van der Waals surface area contributed by atoms with Crippen molar-refractivity contribution in [3.05, 3.63) is 47.5 Å². The van der Waals surface area contributed by atoms with Crippen LogP contribution in [0.5, 0.6) is 11.5 Å². The van der Waals surface area contributed by atoms with Crippen molar-refractivity contribution >= 4 is 0 Å². The van der Waals surface area contributed by atoms with E-state index in [2.05, 4.69) is 0 Å². The molecule has 0 heterocycles. The molecule has 21 heavy (non-hydrogen) atoms. The first-order chi connectivity index (χ1) is 9.99. The van der Waals surface area contributed by atoms with Gasteiger partial charge in [-0.3, -0.25) is 0 Å². The van der Waals surface area contributed by atoms with Gasteiger partial charge in [-0.25, -0.2) is 0 Å². The minimum atomic E-state index is 0.305. The van der Waals surface area contributed by atoms with E-state index in [1.165, 1.54) is 0 Å². The summed E-state index contributed by atoms with van der Waals surface area (Å²) >= 11 is 0. The molecule has 2 aromatic carbocycles. The van der Waals surface area contributed by atoms with E-state index in [1.807, 2.05) is 52.0 Å². The fraction of sp³-hybridized carbons (Fsp3) is 0.333. The standard InChI is InChI=1S/C14H14O2.C4H10O/c1-9-7-11(3-5-13(9)15)12-4-6-14(16)10(2)8-12;1-3-5-4-2/h3-8,15-16H,1-2H3;3-4H2,1-2H3. The van der Waals surface area contributed by atoms with Crippen molar-refractivity contribution in [2.45, 2.75) is 27.7 Å². The Balaban J connectivity index is 0.000000383. The first-order valence-corrected chi connectivity index (χ1v) is 7.16. The molecule has 0 bridgehead atoms. The van der Waals surface area contributed by atoms with E-state index >= 15 is 0 Å². The molecule has 0 radical (unpaired) electrons. The van der Waals surface area contributed by atoms with E-state index in [1.54, 1.807) is 12.1 Å². The Labute approximate surface area is 126 Å². The van der Waals surface area contributed by atoms with E-state index in [0.29, 0.717) is 11.5 Å². The maximum absolute atomic E-state index is 9.45. The first-order valence-electron chi connectivity index (χ1n) is 7.16. The molecule has 0 saturated carbocycles. The number of hydrogen-bond acceptors (Lipinski definition) is 3. The monoisotopic (exact) mass is 288 g/mol. The van der Waals surface area contributed by atoms with Crippen LogP contribution in [0.4, 0.5) is 0 Å². The number of ether oxygens (including phenoxy) is 1. The number of aromatic hydroxyl groups is 2. The van der Waals surface area contributed by atoms with Crippen molar-refractivity contribution in [1.29, 1.82) is 0 Å². The smallest absolute Gasteiger partial charge is 0.118 e. The van der Waals surface area contributed by atoms with Crippen LogP contribution in [0.15, 0.2) is 36.4 Å². The maximum atomic E-state index is 9.45. The molecule has 0 atom stereocenters. The summed E-state index contributed by atoms with van der Waals surface area (Å²) < 4.78 is 4.83. The van der Waals surface area contributed by atoms with E-state index in [-0.39, 0.29) is 0 Å². The van der Waals surface area contributed by atoms with Crippen molar-refractivity contribution in [3.63, 3.8) is 0 Å². The van der Waals surface area contributed by atoms with Crippen LogP contribution < -0.4 is 0 Å². The van der Waals surface area contributed by atoms with Gasteiger partial charge in [0, 0.05) is 13.2 Å². The van der Waals surface area contributed by atoms with Gasteiger partial charge in [-0.2, -0.15) is 0 Å². The highest BCUT2D eigenvalue weighted by Gasteiger charge is 2.03. The van der Waals surface area contributed by atoms with Crippen LogP contribution in [-0.4, -0.2) is 23.4 Å². The van der Waals surface area contributed by atoms with Crippen LogP contribution in [0.3, 0.4) is 0 Å². The largest absolute Gasteiger partial charge is 0.508 e. The minimum Gasteiger partial charge on any atom is -0.508 e. The summed E-state index contributed by atoms with van der Waals surface area (Å²) in [5, 5.41) is 18.9. The third-order valence-corrected chi connectivity index (χ3v) is 3.14. The van der Waals surface area contributed by atoms with Gasteiger partial charge in [0.1, 0.15) is 11.5 Å². The van der Waals surface area contributed by atoms with E-state index in [4.69, 9.17) is 4.74 Å². The molecule has 0 saturated heterocycles. The van der Waals surface area contributed by atoms with Crippen LogP contribution in [0.25, 0.3) is 11.1 Å². The van der Waals surface area contributed by atoms with Crippen molar-refractivity contribution < 1.29 is 14.9 Å². The van der Waals surface area contributed by atoms with Crippen LogP contribution in [-0.2, 0) is 4.74 Å². The lowest BCUT2D eigenvalue weighted by Gasteiger charge is -2.06. The zero-order chi connectivity index (χ0) is 15.8. The van der Waals surface area contributed by atoms with E-state index in [9.17, 15) is 10.2 Å². The Morgan fingerprint density at radius 2 is 1.14 bits per heavy atom. The molecular formula is C18H24O3. The second kappa shape index (κ2) is 8.32. The second-order valence-electron chi connectivity index (χ2n) is 4.78. The molecule has 0 aliphatic carbocycles. The summed E-state index contributed by atoms with van der Waals surface area (Å²) in [6.07, 6.45) is 0. The van der Waals surface area contributed by atoms with Crippen LogP contribution >= 0.6 is 0 Å². The Morgan fingerprint density at radius 1 is 0.762 bits per heavy atom. The molecule has 0 amide bonds. The van der Waals surface area contributed by atoms with Gasteiger partial charge in [0.15, 0.2) is 0 Å². The molecule has 2 aromatic rings. The Morgan fingerprint density at radius 3 is 1.38 bits per heavy atom. The number of aryl methyl sites for hydroxylation is 2. The molecule has 0 aromatic heterocycles. The molecule has 0 aliphatic rings. The zero-order valence-electron chi connectivity index (χ0n) is 13.2. The molecule has 2 rings (SSSR count). The summed E-state index contributed by atoms with van der Waals surface area (Å²) in [5.41, 5.74) is 3.78. The van der Waals surface area contributed by atoms with E-state index in [0.717, 1.165) is 35.5 Å². The normalized spacial score (nSPS) is 9.90. The first kappa shape index (κ1) is 17.1.